The minimum atomic E-state index is -4.53. The number of rotatable bonds is 6. The lowest BCUT2D eigenvalue weighted by Gasteiger charge is -2.08. The van der Waals surface area contributed by atoms with E-state index in [1.165, 1.54) is 0 Å². The van der Waals surface area contributed by atoms with Crippen LogP contribution in [0.1, 0.15) is 16.1 Å². The Kier molecular flexibility index (Phi) is 5.29. The summed E-state index contributed by atoms with van der Waals surface area (Å²) in [7, 11) is 0. The normalized spacial score (nSPS) is 11.2. The largest absolute Gasteiger partial charge is 0.433 e. The van der Waals surface area contributed by atoms with E-state index in [0.29, 0.717) is 18.2 Å². The molecule has 0 saturated carbocycles. The van der Waals surface area contributed by atoms with E-state index in [9.17, 15) is 18.0 Å². The van der Waals surface area contributed by atoms with Crippen LogP contribution >= 0.6 is 0 Å². The monoisotopic (exact) mass is 377 g/mol. The topological polar surface area (TPSA) is 97.6 Å². The smallest absolute Gasteiger partial charge is 0.367 e. The van der Waals surface area contributed by atoms with Gasteiger partial charge in [0.15, 0.2) is 5.82 Å². The van der Waals surface area contributed by atoms with E-state index in [1.807, 2.05) is 0 Å². The van der Waals surface area contributed by atoms with Crippen LogP contribution in [0.4, 0.5) is 19.0 Å². The molecule has 3 heterocycles. The van der Waals surface area contributed by atoms with Gasteiger partial charge in [0.1, 0.15) is 11.5 Å². The minimum Gasteiger partial charge on any atom is -0.367 e. The molecule has 0 spiro atoms. The molecule has 0 saturated heterocycles. The highest BCUT2D eigenvalue weighted by Crippen LogP contribution is 2.27. The van der Waals surface area contributed by atoms with Crippen LogP contribution in [0.25, 0.3) is 5.82 Å². The first-order valence-corrected chi connectivity index (χ1v) is 7.82. The number of amides is 1. The molecular weight excluding hydrogens is 363 g/mol. The van der Waals surface area contributed by atoms with Gasteiger partial charge in [0.2, 0.25) is 0 Å². The van der Waals surface area contributed by atoms with Crippen molar-refractivity contribution in [2.75, 3.05) is 18.4 Å². The summed E-state index contributed by atoms with van der Waals surface area (Å²) in [4.78, 5) is 15.1. The molecule has 0 aliphatic heterocycles. The zero-order valence-electron chi connectivity index (χ0n) is 13.8. The standard InChI is InChI=1S/C16H14F3N7O/c17-16(18,19)12-3-2-11(10-22-12)15(27)21-8-7-20-13-4-5-14(25-24-13)26-9-1-6-23-26/h1-6,9-10H,7-8H2,(H,20,24)(H,21,27). The Bertz CT molecular complexity index is 878. The maximum Gasteiger partial charge on any atom is 0.433 e. The zero-order valence-corrected chi connectivity index (χ0v) is 13.8. The lowest BCUT2D eigenvalue weighted by Crippen LogP contribution is -2.29. The maximum absolute atomic E-state index is 12.4. The summed E-state index contributed by atoms with van der Waals surface area (Å²) < 4.78 is 38.9. The second kappa shape index (κ2) is 7.81. The van der Waals surface area contributed by atoms with Crippen LogP contribution in [-0.2, 0) is 6.18 Å². The predicted octanol–water partition coefficient (Wildman–Crippen LogP) is 1.92. The van der Waals surface area contributed by atoms with Gasteiger partial charge in [0.25, 0.3) is 5.91 Å². The molecule has 0 atom stereocenters. The van der Waals surface area contributed by atoms with Crippen molar-refractivity contribution in [2.24, 2.45) is 0 Å². The fraction of sp³-hybridized carbons (Fsp3) is 0.188. The SMILES string of the molecule is O=C(NCCNc1ccc(-n2cccn2)nn1)c1ccc(C(F)(F)F)nc1. The van der Waals surface area contributed by atoms with Crippen molar-refractivity contribution >= 4 is 11.7 Å². The Hall–Kier alpha value is -3.50. The number of alkyl halides is 3. The fourth-order valence-corrected chi connectivity index (χ4v) is 2.11. The Morgan fingerprint density at radius 1 is 1.11 bits per heavy atom. The molecule has 11 heteroatoms. The molecule has 0 aliphatic carbocycles. The number of pyridine rings is 1. The Morgan fingerprint density at radius 2 is 1.96 bits per heavy atom. The highest BCUT2D eigenvalue weighted by Gasteiger charge is 2.32. The molecule has 0 aliphatic rings. The molecular formula is C16H14F3N7O. The van der Waals surface area contributed by atoms with Gasteiger partial charge in [-0.05, 0) is 30.3 Å². The van der Waals surface area contributed by atoms with E-state index >= 15 is 0 Å². The molecule has 0 bridgehead atoms. The number of nitrogens with one attached hydrogen (secondary N) is 2. The quantitative estimate of drug-likeness (QED) is 0.637. The highest BCUT2D eigenvalue weighted by molar-refractivity contribution is 5.93. The van der Waals surface area contributed by atoms with Gasteiger partial charge < -0.3 is 10.6 Å². The van der Waals surface area contributed by atoms with Gasteiger partial charge in [0, 0.05) is 31.7 Å². The molecule has 0 aromatic carbocycles. The number of carbonyl (C=O) groups is 1. The van der Waals surface area contributed by atoms with Gasteiger partial charge in [-0.3, -0.25) is 9.78 Å². The Labute approximate surface area is 151 Å². The van der Waals surface area contributed by atoms with Crippen LogP contribution in [0.5, 0.6) is 0 Å². The summed E-state index contributed by atoms with van der Waals surface area (Å²) in [5.74, 6) is 0.558. The molecule has 0 radical (unpaired) electrons. The van der Waals surface area contributed by atoms with E-state index in [0.717, 1.165) is 18.3 Å². The van der Waals surface area contributed by atoms with Crippen LogP contribution in [0.2, 0.25) is 0 Å². The number of hydrogen-bond donors (Lipinski definition) is 2. The summed E-state index contributed by atoms with van der Waals surface area (Å²) in [6.45, 7) is 0.595. The first-order valence-electron chi connectivity index (χ1n) is 7.82. The molecule has 3 aromatic heterocycles. The first kappa shape index (κ1) is 18.3. The Morgan fingerprint density at radius 3 is 2.56 bits per heavy atom. The molecule has 8 nitrogen and oxygen atoms in total. The Balaban J connectivity index is 1.45. The second-order valence-corrected chi connectivity index (χ2v) is 5.34. The van der Waals surface area contributed by atoms with Gasteiger partial charge in [-0.1, -0.05) is 0 Å². The maximum atomic E-state index is 12.4. The third-order valence-corrected chi connectivity index (χ3v) is 3.42. The fourth-order valence-electron chi connectivity index (χ4n) is 2.11. The summed E-state index contributed by atoms with van der Waals surface area (Å²) in [6, 6.07) is 7.06. The molecule has 3 rings (SSSR count). The summed E-state index contributed by atoms with van der Waals surface area (Å²) in [6.07, 6.45) is -0.274. The molecule has 2 N–H and O–H groups in total. The van der Waals surface area contributed by atoms with Gasteiger partial charge in [-0.2, -0.15) is 18.3 Å². The lowest BCUT2D eigenvalue weighted by atomic mass is 10.2. The van der Waals surface area contributed by atoms with Crippen LogP contribution in [0.3, 0.4) is 0 Å². The number of halogens is 3. The average molecular weight is 377 g/mol. The third-order valence-electron chi connectivity index (χ3n) is 3.42. The van der Waals surface area contributed by atoms with Crippen LogP contribution in [-0.4, -0.2) is 44.0 Å². The van der Waals surface area contributed by atoms with Crippen molar-refractivity contribution in [3.05, 3.63) is 60.2 Å². The zero-order chi connectivity index (χ0) is 19.3. The second-order valence-electron chi connectivity index (χ2n) is 5.34. The van der Waals surface area contributed by atoms with Crippen molar-refractivity contribution in [3.63, 3.8) is 0 Å². The van der Waals surface area contributed by atoms with Crippen molar-refractivity contribution in [1.82, 2.24) is 30.3 Å². The van der Waals surface area contributed by atoms with E-state index in [4.69, 9.17) is 0 Å². The first-order chi connectivity index (χ1) is 12.9. The van der Waals surface area contributed by atoms with Crippen molar-refractivity contribution in [2.45, 2.75) is 6.18 Å². The molecule has 0 fully saturated rings. The van der Waals surface area contributed by atoms with E-state index in [2.05, 4.69) is 30.9 Å². The predicted molar refractivity (Wildman–Crippen MR) is 89.2 cm³/mol. The number of carbonyl (C=O) groups excluding carboxylic acids is 1. The van der Waals surface area contributed by atoms with Crippen molar-refractivity contribution in [1.29, 1.82) is 0 Å². The summed E-state index contributed by atoms with van der Waals surface area (Å²) >= 11 is 0. The summed E-state index contributed by atoms with van der Waals surface area (Å²) in [5.41, 5.74) is -0.996. The van der Waals surface area contributed by atoms with Gasteiger partial charge in [-0.25, -0.2) is 4.68 Å². The molecule has 140 valence electrons. The van der Waals surface area contributed by atoms with Crippen LogP contribution < -0.4 is 10.6 Å². The summed E-state index contributed by atoms with van der Waals surface area (Å²) in [5, 5.41) is 17.6. The van der Waals surface area contributed by atoms with Crippen molar-refractivity contribution in [3.8, 4) is 5.82 Å². The highest BCUT2D eigenvalue weighted by atomic mass is 19.4. The van der Waals surface area contributed by atoms with Crippen LogP contribution in [0, 0.1) is 0 Å². The number of anilines is 1. The molecule has 27 heavy (non-hydrogen) atoms. The number of hydrogen-bond acceptors (Lipinski definition) is 6. The lowest BCUT2D eigenvalue weighted by molar-refractivity contribution is -0.141. The molecule has 1 amide bonds. The van der Waals surface area contributed by atoms with E-state index in [-0.39, 0.29) is 12.1 Å². The van der Waals surface area contributed by atoms with Crippen molar-refractivity contribution < 1.29 is 18.0 Å². The average Bonchev–Trinajstić information content (AvgIpc) is 3.20. The number of aromatic nitrogens is 5. The minimum absolute atomic E-state index is 0.0476. The van der Waals surface area contributed by atoms with Gasteiger partial charge >= 0.3 is 6.18 Å². The molecule has 0 unspecified atom stereocenters. The third kappa shape index (κ3) is 4.77. The van der Waals surface area contributed by atoms with E-state index < -0.39 is 17.8 Å². The molecule has 3 aromatic rings. The number of nitrogens with zero attached hydrogens (tertiary/aromatic N) is 5. The van der Waals surface area contributed by atoms with E-state index in [1.54, 1.807) is 35.3 Å². The van der Waals surface area contributed by atoms with Crippen LogP contribution in [0.15, 0.2) is 48.9 Å². The van der Waals surface area contributed by atoms with Gasteiger partial charge in [-0.15, -0.1) is 10.2 Å². The van der Waals surface area contributed by atoms with Gasteiger partial charge in [0.05, 0.1) is 5.56 Å².